The molecule has 9 heteroatoms. The molecule has 1 aliphatic rings. The number of nitrogens with zero attached hydrogens (tertiary/aromatic N) is 2. The Balaban J connectivity index is 1.61. The molecule has 0 radical (unpaired) electrons. The van der Waals surface area contributed by atoms with Crippen LogP contribution in [0.5, 0.6) is 0 Å². The fourth-order valence-electron chi connectivity index (χ4n) is 3.88. The molecule has 1 N–H and O–H groups in total. The average molecular weight is 498 g/mol. The zero-order chi connectivity index (χ0) is 24.3. The quantitative estimate of drug-likeness (QED) is 0.516. The van der Waals surface area contributed by atoms with E-state index in [2.05, 4.69) is 5.32 Å². The standard InChI is InChI=1S/C25H24ClN3O4S/c1-18-12-13-20(16-23(18)28-14-6-11-25(28)31)27-24(30)17-29(21-8-5-7-19(26)15-21)34(32,33)22-9-3-2-4-10-22/h2-5,7-10,12-13,15-16H,6,11,14,17H2,1H3,(H,27,30). The highest BCUT2D eigenvalue weighted by Crippen LogP contribution is 2.29. The first kappa shape index (κ1) is 23.8. The van der Waals surface area contributed by atoms with Crippen molar-refractivity contribution in [1.29, 1.82) is 0 Å². The van der Waals surface area contributed by atoms with Gasteiger partial charge in [0.15, 0.2) is 0 Å². The van der Waals surface area contributed by atoms with Gasteiger partial charge in [-0.1, -0.05) is 41.9 Å². The van der Waals surface area contributed by atoms with Crippen LogP contribution in [0.25, 0.3) is 0 Å². The molecular formula is C25H24ClN3O4S. The normalized spacial score (nSPS) is 13.7. The van der Waals surface area contributed by atoms with Crippen LogP contribution in [0.4, 0.5) is 17.1 Å². The van der Waals surface area contributed by atoms with E-state index < -0.39 is 22.5 Å². The fraction of sp³-hybridized carbons (Fsp3) is 0.200. The number of hydrogen-bond acceptors (Lipinski definition) is 4. The van der Waals surface area contributed by atoms with E-state index in [9.17, 15) is 18.0 Å². The van der Waals surface area contributed by atoms with Gasteiger partial charge in [-0.2, -0.15) is 0 Å². The smallest absolute Gasteiger partial charge is 0.264 e. The molecule has 4 rings (SSSR count). The molecule has 0 bridgehead atoms. The zero-order valence-corrected chi connectivity index (χ0v) is 20.1. The van der Waals surface area contributed by atoms with Crippen LogP contribution in [0.1, 0.15) is 18.4 Å². The second-order valence-corrected chi connectivity index (χ2v) is 10.3. The number of aryl methyl sites for hydroxylation is 1. The predicted molar refractivity (Wildman–Crippen MR) is 134 cm³/mol. The van der Waals surface area contributed by atoms with E-state index in [1.54, 1.807) is 53.4 Å². The molecule has 0 aliphatic carbocycles. The van der Waals surface area contributed by atoms with E-state index >= 15 is 0 Å². The summed E-state index contributed by atoms with van der Waals surface area (Å²) in [6.07, 6.45) is 1.29. The van der Waals surface area contributed by atoms with Crippen molar-refractivity contribution in [3.8, 4) is 0 Å². The van der Waals surface area contributed by atoms with Crippen LogP contribution in [0.3, 0.4) is 0 Å². The van der Waals surface area contributed by atoms with Crippen molar-refractivity contribution in [3.63, 3.8) is 0 Å². The second-order valence-electron chi connectivity index (χ2n) is 8.00. The van der Waals surface area contributed by atoms with Crippen molar-refractivity contribution in [2.24, 2.45) is 0 Å². The minimum absolute atomic E-state index is 0.0488. The van der Waals surface area contributed by atoms with Gasteiger partial charge in [-0.05, 0) is 61.4 Å². The van der Waals surface area contributed by atoms with E-state index in [1.165, 1.54) is 18.2 Å². The summed E-state index contributed by atoms with van der Waals surface area (Å²) in [6, 6.07) is 19.6. The number of nitrogens with one attached hydrogen (secondary N) is 1. The number of benzene rings is 3. The molecule has 7 nitrogen and oxygen atoms in total. The number of amides is 2. The van der Waals surface area contributed by atoms with Crippen LogP contribution in [-0.2, 0) is 19.6 Å². The monoisotopic (exact) mass is 497 g/mol. The Bertz CT molecular complexity index is 1330. The second kappa shape index (κ2) is 9.87. The highest BCUT2D eigenvalue weighted by molar-refractivity contribution is 7.92. The zero-order valence-electron chi connectivity index (χ0n) is 18.6. The molecule has 3 aromatic carbocycles. The lowest BCUT2D eigenvalue weighted by Crippen LogP contribution is -2.38. The van der Waals surface area contributed by atoms with Crippen LogP contribution in [0, 0.1) is 6.92 Å². The van der Waals surface area contributed by atoms with Crippen molar-refractivity contribution in [1.82, 2.24) is 0 Å². The van der Waals surface area contributed by atoms with Gasteiger partial charge in [-0.3, -0.25) is 13.9 Å². The van der Waals surface area contributed by atoms with E-state index in [0.29, 0.717) is 23.7 Å². The maximum atomic E-state index is 13.4. The third-order valence-corrected chi connectivity index (χ3v) is 7.59. The van der Waals surface area contributed by atoms with E-state index in [0.717, 1.165) is 22.0 Å². The third-order valence-electron chi connectivity index (χ3n) is 5.57. The highest BCUT2D eigenvalue weighted by Gasteiger charge is 2.28. The molecule has 0 spiro atoms. The molecule has 3 aromatic rings. The molecule has 0 aromatic heterocycles. The summed E-state index contributed by atoms with van der Waals surface area (Å²) in [5.74, 6) is -0.477. The lowest BCUT2D eigenvalue weighted by atomic mass is 10.1. The van der Waals surface area contributed by atoms with Crippen LogP contribution in [0.2, 0.25) is 5.02 Å². The molecule has 34 heavy (non-hydrogen) atoms. The fourth-order valence-corrected chi connectivity index (χ4v) is 5.50. The molecule has 2 amide bonds. The lowest BCUT2D eigenvalue weighted by molar-refractivity contribution is -0.117. The molecule has 1 fully saturated rings. The minimum Gasteiger partial charge on any atom is -0.324 e. The first-order valence-corrected chi connectivity index (χ1v) is 12.6. The summed E-state index contributed by atoms with van der Waals surface area (Å²) in [5, 5.41) is 3.12. The van der Waals surface area contributed by atoms with E-state index in [4.69, 9.17) is 11.6 Å². The predicted octanol–water partition coefficient (Wildman–Crippen LogP) is 4.61. The highest BCUT2D eigenvalue weighted by atomic mass is 35.5. The third kappa shape index (κ3) is 5.08. The summed E-state index contributed by atoms with van der Waals surface area (Å²) in [7, 11) is -4.03. The number of hydrogen-bond donors (Lipinski definition) is 1. The molecule has 176 valence electrons. The van der Waals surface area contributed by atoms with Crippen LogP contribution >= 0.6 is 11.6 Å². The summed E-state index contributed by atoms with van der Waals surface area (Å²) in [5.41, 5.74) is 2.41. The molecule has 0 unspecified atom stereocenters. The van der Waals surface area contributed by atoms with Gasteiger partial charge in [-0.15, -0.1) is 0 Å². The van der Waals surface area contributed by atoms with Gasteiger partial charge in [0.2, 0.25) is 11.8 Å². The van der Waals surface area contributed by atoms with Crippen molar-refractivity contribution in [2.75, 3.05) is 27.6 Å². The summed E-state index contributed by atoms with van der Waals surface area (Å²) < 4.78 is 27.8. The number of carbonyl (C=O) groups is 2. The van der Waals surface area contributed by atoms with Gasteiger partial charge in [0, 0.05) is 29.4 Å². The molecule has 1 aliphatic heterocycles. The number of rotatable bonds is 7. The Hall–Kier alpha value is -3.36. The summed E-state index contributed by atoms with van der Waals surface area (Å²) >= 11 is 6.10. The Morgan fingerprint density at radius 3 is 2.50 bits per heavy atom. The molecule has 0 atom stereocenters. The van der Waals surface area contributed by atoms with Gasteiger partial charge in [-0.25, -0.2) is 8.42 Å². The van der Waals surface area contributed by atoms with Crippen LogP contribution in [-0.4, -0.2) is 33.3 Å². The largest absolute Gasteiger partial charge is 0.324 e. The van der Waals surface area contributed by atoms with Gasteiger partial charge < -0.3 is 10.2 Å². The Kier molecular flexibility index (Phi) is 6.90. The van der Waals surface area contributed by atoms with Crippen molar-refractivity contribution >= 4 is 50.5 Å². The van der Waals surface area contributed by atoms with E-state index in [-0.39, 0.29) is 16.5 Å². The Morgan fingerprint density at radius 1 is 1.06 bits per heavy atom. The molecular weight excluding hydrogens is 474 g/mol. The summed E-state index contributed by atoms with van der Waals surface area (Å²) in [6.45, 7) is 2.08. The Labute approximate surface area is 204 Å². The number of sulfonamides is 1. The van der Waals surface area contributed by atoms with Gasteiger partial charge in [0.05, 0.1) is 10.6 Å². The van der Waals surface area contributed by atoms with Gasteiger partial charge >= 0.3 is 0 Å². The first-order chi connectivity index (χ1) is 16.3. The van der Waals surface area contributed by atoms with Crippen molar-refractivity contribution in [3.05, 3.63) is 83.4 Å². The number of anilines is 3. The Morgan fingerprint density at radius 2 is 1.82 bits per heavy atom. The SMILES string of the molecule is Cc1ccc(NC(=O)CN(c2cccc(Cl)c2)S(=O)(=O)c2ccccc2)cc1N1CCCC1=O. The maximum absolute atomic E-state index is 13.4. The van der Waals surface area contributed by atoms with E-state index in [1.807, 2.05) is 13.0 Å². The molecule has 1 saturated heterocycles. The minimum atomic E-state index is -4.03. The van der Waals surface area contributed by atoms with Gasteiger partial charge in [0.1, 0.15) is 6.54 Å². The van der Waals surface area contributed by atoms with Crippen molar-refractivity contribution in [2.45, 2.75) is 24.7 Å². The summed E-state index contributed by atoms with van der Waals surface area (Å²) in [4.78, 5) is 27.0. The topological polar surface area (TPSA) is 86.8 Å². The average Bonchev–Trinajstić information content (AvgIpc) is 3.25. The number of carbonyl (C=O) groups excluding carboxylic acids is 2. The first-order valence-electron chi connectivity index (χ1n) is 10.8. The van der Waals surface area contributed by atoms with Gasteiger partial charge in [0.25, 0.3) is 10.0 Å². The van der Waals surface area contributed by atoms with Crippen molar-refractivity contribution < 1.29 is 18.0 Å². The van der Waals surface area contributed by atoms with Crippen LogP contribution in [0.15, 0.2) is 77.7 Å². The lowest BCUT2D eigenvalue weighted by Gasteiger charge is -2.24. The maximum Gasteiger partial charge on any atom is 0.264 e. The number of halogens is 1. The molecule has 0 saturated carbocycles. The molecule has 1 heterocycles. The van der Waals surface area contributed by atoms with Crippen LogP contribution < -0.4 is 14.5 Å².